The fourth-order valence-electron chi connectivity index (χ4n) is 14.2. The maximum Gasteiger partial charge on any atom is 0.305 e. The van der Waals surface area contributed by atoms with Crippen molar-refractivity contribution < 1.29 is 29.3 Å². The number of carbonyl (C=O) groups excluding carboxylic acids is 2. The first-order valence-corrected chi connectivity index (χ1v) is 30.6. The third-order valence-electron chi connectivity index (χ3n) is 19.4. The minimum atomic E-state index is -0.271. The highest BCUT2D eigenvalue weighted by atomic mass is 16.5. The molecule has 1 aromatic carbocycles. The summed E-state index contributed by atoms with van der Waals surface area (Å²) in [6.07, 6.45) is 16.2. The van der Waals surface area contributed by atoms with Crippen LogP contribution in [0.4, 0.5) is 0 Å². The molecule has 14 nitrogen and oxygen atoms in total. The predicted octanol–water partition coefficient (Wildman–Crippen LogP) is 13.6. The highest BCUT2D eigenvalue weighted by Crippen LogP contribution is 2.49. The van der Waals surface area contributed by atoms with Crippen molar-refractivity contribution in [1.29, 1.82) is 0 Å². The summed E-state index contributed by atoms with van der Waals surface area (Å²) in [5.74, 6) is 14.0. The number of allylic oxidation sites excluding steroid dienone is 24. The second kappa shape index (κ2) is 22.2. The van der Waals surface area contributed by atoms with Crippen molar-refractivity contribution in [2.75, 3.05) is 14.2 Å². The first-order valence-electron chi connectivity index (χ1n) is 30.6. The van der Waals surface area contributed by atoms with E-state index in [2.05, 4.69) is 102 Å². The van der Waals surface area contributed by atoms with Gasteiger partial charge < -0.3 is 30.3 Å². The first kappa shape index (κ1) is 57.4. The SMILES string of the molecule is CCC1=C(C)C2=NC1=CC1=C(C)C3=C(O)CC(=C4NC(=CC5=NC(=C2)C(C#Cc2cccc(C#CC6=C(C)C7=NC6=CC6=NC(=CC8=C(C)C9=C(O)CC(=C%10NC(=C7)[C@@H](C)[C@@H]%10CCC(=O)OC)C9=N8)C(CC)=C6C)c2)=C5C)[C@@H](C)[C@@H]4CCC(=O)OC)C3=N1. The van der Waals surface area contributed by atoms with E-state index >= 15 is 0 Å². The van der Waals surface area contributed by atoms with Crippen molar-refractivity contribution in [2.45, 2.75) is 121 Å². The lowest BCUT2D eigenvalue weighted by Gasteiger charge is -2.17. The summed E-state index contributed by atoms with van der Waals surface area (Å²) in [4.78, 5) is 56.8. The van der Waals surface area contributed by atoms with Crippen LogP contribution in [0, 0.1) is 47.4 Å². The van der Waals surface area contributed by atoms with E-state index in [9.17, 15) is 19.8 Å². The number of hydrogen-bond acceptors (Lipinski definition) is 14. The van der Waals surface area contributed by atoms with Gasteiger partial charge in [0.05, 0.1) is 93.8 Å². The standard InChI is InChI=1S/C74H70N8O6/c1-13-45-35(3)55-31-63-47(37(5)53(77-63)29-57-39(7)49(22-24-67(85)87-11)71(79-57)51-27-65(83)69-41(9)59(81-73(51)69)33-61(45)75-55)20-18-43-16-15-17-44(26-43)19-21-48-38(6)54-30-58-40(8)50(23-25-68(86)88-12)72(80-58)52-28-66(84)70-42(10)60(82-74(52)70)34-62-46(14-2)36(4)56(76-62)32-64(48)78-54/h15-17,26,29-34,39-40,49-50,79-80,83-84H,13-14,22-25,27-28H2,1-12H3/t39-,40-,49-,50-/m0/s1. The molecule has 442 valence electrons. The number of aliphatic hydroxyl groups excluding tert-OH is 2. The van der Waals surface area contributed by atoms with E-state index in [1.54, 1.807) is 0 Å². The smallest absolute Gasteiger partial charge is 0.305 e. The van der Waals surface area contributed by atoms with E-state index in [1.807, 2.05) is 62.4 Å². The van der Waals surface area contributed by atoms with Crippen molar-refractivity contribution in [1.82, 2.24) is 10.6 Å². The van der Waals surface area contributed by atoms with Crippen LogP contribution in [0.2, 0.25) is 0 Å². The number of methoxy groups -OCH3 is 2. The first-order chi connectivity index (χ1) is 42.4. The number of carbonyl (C=O) groups is 2. The summed E-state index contributed by atoms with van der Waals surface area (Å²) in [5.41, 5.74) is 27.6. The number of esters is 2. The van der Waals surface area contributed by atoms with Crippen LogP contribution in [0.1, 0.15) is 132 Å². The maximum atomic E-state index is 12.7. The molecule has 2 aliphatic carbocycles. The molecule has 14 heteroatoms. The van der Waals surface area contributed by atoms with Crippen molar-refractivity contribution in [3.05, 3.63) is 218 Å². The van der Waals surface area contributed by atoms with Crippen molar-refractivity contribution in [3.63, 3.8) is 0 Å². The lowest BCUT2D eigenvalue weighted by molar-refractivity contribution is -0.141. The Bertz CT molecular complexity index is 4170. The third-order valence-corrected chi connectivity index (χ3v) is 19.4. The molecule has 10 heterocycles. The molecular weight excluding hydrogens is 1100 g/mol. The molecule has 2 fully saturated rings. The molecule has 12 aliphatic rings. The lowest BCUT2D eigenvalue weighted by atomic mass is 9.86. The molecule has 10 aliphatic heterocycles. The summed E-state index contributed by atoms with van der Waals surface area (Å²) in [6, 6.07) is 7.98. The molecule has 0 aromatic heterocycles. The topological polar surface area (TPSA) is 191 Å². The maximum absolute atomic E-state index is 12.7. The predicted molar refractivity (Wildman–Crippen MR) is 347 cm³/mol. The largest absolute Gasteiger partial charge is 0.511 e. The Hall–Kier alpha value is -9.66. The van der Waals surface area contributed by atoms with E-state index < -0.39 is 0 Å². The van der Waals surface area contributed by atoms with Crippen molar-refractivity contribution in [2.24, 2.45) is 53.6 Å². The van der Waals surface area contributed by atoms with Crippen LogP contribution in [-0.2, 0) is 19.1 Å². The summed E-state index contributed by atoms with van der Waals surface area (Å²) < 4.78 is 10.2. The Morgan fingerprint density at radius 3 is 1.33 bits per heavy atom. The van der Waals surface area contributed by atoms with Gasteiger partial charge in [-0.2, -0.15) is 0 Å². The van der Waals surface area contributed by atoms with Gasteiger partial charge in [-0.15, -0.1) is 0 Å². The van der Waals surface area contributed by atoms with Crippen LogP contribution < -0.4 is 10.6 Å². The number of fused-ring (bicyclic) bond motifs is 10. The van der Waals surface area contributed by atoms with E-state index in [0.717, 1.165) is 182 Å². The normalized spacial score (nSPS) is 24.0. The highest BCUT2D eigenvalue weighted by Gasteiger charge is 2.44. The van der Waals surface area contributed by atoms with Gasteiger partial charge in [0, 0.05) is 106 Å². The second-order valence-electron chi connectivity index (χ2n) is 24.3. The minimum Gasteiger partial charge on any atom is -0.511 e. The second-order valence-corrected chi connectivity index (χ2v) is 24.3. The molecule has 0 radical (unpaired) electrons. The van der Waals surface area contributed by atoms with Crippen molar-refractivity contribution >= 4 is 46.2 Å². The van der Waals surface area contributed by atoms with Crippen LogP contribution in [0.25, 0.3) is 0 Å². The van der Waals surface area contributed by atoms with Gasteiger partial charge in [0.1, 0.15) is 11.5 Å². The number of benzene rings is 1. The van der Waals surface area contributed by atoms with Crippen LogP contribution in [0.5, 0.6) is 0 Å². The molecule has 16 bridgehead atoms. The zero-order valence-electron chi connectivity index (χ0n) is 52.0. The van der Waals surface area contributed by atoms with Gasteiger partial charge in [-0.05, 0) is 166 Å². The molecule has 0 saturated carbocycles. The van der Waals surface area contributed by atoms with Crippen LogP contribution >= 0.6 is 0 Å². The monoisotopic (exact) mass is 1170 g/mol. The molecular formula is C74H70N8O6. The quantitative estimate of drug-likeness (QED) is 0.146. The number of aliphatic imine (C=N–C) groups is 6. The summed E-state index contributed by atoms with van der Waals surface area (Å²) in [6.45, 7) is 21.0. The molecule has 1 aromatic rings. The molecule has 0 unspecified atom stereocenters. The van der Waals surface area contributed by atoms with E-state index in [0.29, 0.717) is 37.1 Å². The third kappa shape index (κ3) is 9.61. The summed E-state index contributed by atoms with van der Waals surface area (Å²) in [7, 11) is 2.84. The molecule has 2 saturated heterocycles. The van der Waals surface area contributed by atoms with Gasteiger partial charge in [-0.3, -0.25) is 9.59 Å². The number of aliphatic hydroxyl groups is 2. The summed E-state index contributed by atoms with van der Waals surface area (Å²) >= 11 is 0. The van der Waals surface area contributed by atoms with E-state index in [-0.39, 0.29) is 60.0 Å². The van der Waals surface area contributed by atoms with Crippen LogP contribution in [0.15, 0.2) is 237 Å². The number of rotatable bonds is 8. The fraction of sp³-hybridized carbons (Fsp3) is 0.324. The van der Waals surface area contributed by atoms with Gasteiger partial charge in [-0.25, -0.2) is 30.0 Å². The minimum absolute atomic E-state index is 0.0298. The number of ether oxygens (including phenoxy) is 2. The van der Waals surface area contributed by atoms with Gasteiger partial charge >= 0.3 is 11.9 Å². The highest BCUT2D eigenvalue weighted by molar-refractivity contribution is 6.23. The zero-order chi connectivity index (χ0) is 61.7. The van der Waals surface area contributed by atoms with Gasteiger partial charge in [-0.1, -0.05) is 57.4 Å². The van der Waals surface area contributed by atoms with Gasteiger partial charge in [0.25, 0.3) is 0 Å². The lowest BCUT2D eigenvalue weighted by Crippen LogP contribution is -2.16. The Balaban J connectivity index is 0.879. The Labute approximate surface area is 514 Å². The number of nitrogens with zero attached hydrogens (tertiary/aromatic N) is 6. The molecule has 13 rings (SSSR count). The Kier molecular flexibility index (Phi) is 14.5. The average molecular weight is 1170 g/mol. The number of nitrogens with one attached hydrogen (secondary N) is 2. The van der Waals surface area contributed by atoms with Crippen LogP contribution in [0.3, 0.4) is 0 Å². The Morgan fingerprint density at radius 1 is 0.534 bits per heavy atom. The Morgan fingerprint density at radius 2 is 0.932 bits per heavy atom. The molecule has 4 atom stereocenters. The zero-order valence-corrected chi connectivity index (χ0v) is 52.0. The fourth-order valence-corrected chi connectivity index (χ4v) is 14.2. The van der Waals surface area contributed by atoms with Gasteiger partial charge in [0.15, 0.2) is 0 Å². The summed E-state index contributed by atoms with van der Waals surface area (Å²) in [5, 5.41) is 30.7. The molecule has 4 N–H and O–H groups in total. The van der Waals surface area contributed by atoms with Crippen molar-refractivity contribution in [3.8, 4) is 23.7 Å². The molecule has 0 amide bonds. The van der Waals surface area contributed by atoms with E-state index in [1.165, 1.54) is 14.2 Å². The number of hydrogen-bond donors (Lipinski definition) is 4. The average Bonchev–Trinajstić information content (AvgIpc) is 1.65. The van der Waals surface area contributed by atoms with Gasteiger partial charge in [0.2, 0.25) is 0 Å². The molecule has 88 heavy (non-hydrogen) atoms. The molecule has 0 spiro atoms. The van der Waals surface area contributed by atoms with Crippen LogP contribution in [-0.4, -0.2) is 70.6 Å². The van der Waals surface area contributed by atoms with E-state index in [4.69, 9.17) is 39.4 Å².